The molecule has 6 nitrogen and oxygen atoms in total. The normalized spacial score (nSPS) is 12.2. The van der Waals surface area contributed by atoms with Gasteiger partial charge < -0.3 is 23.7 Å². The number of nitrogens with one attached hydrogen (secondary N) is 1. The van der Waals surface area contributed by atoms with E-state index in [0.29, 0.717) is 24.7 Å². The Bertz CT molecular complexity index is 878. The van der Waals surface area contributed by atoms with Crippen molar-refractivity contribution in [2.45, 2.75) is 46.9 Å². The summed E-state index contributed by atoms with van der Waals surface area (Å²) in [6.07, 6.45) is 0. The highest BCUT2D eigenvalue weighted by atomic mass is 16.5. The van der Waals surface area contributed by atoms with Crippen molar-refractivity contribution in [2.24, 2.45) is 0 Å². The van der Waals surface area contributed by atoms with Gasteiger partial charge in [-0.05, 0) is 57.5 Å². The number of ether oxygens (including phenoxy) is 2. The number of methoxy groups -OCH3 is 1. The third-order valence-electron chi connectivity index (χ3n) is 4.58. The lowest BCUT2D eigenvalue weighted by Crippen LogP contribution is -2.17. The maximum absolute atomic E-state index is 5.93. The van der Waals surface area contributed by atoms with Gasteiger partial charge in [-0.1, -0.05) is 11.2 Å². The minimum atomic E-state index is 0.125. The fraction of sp³-hybridized carbons (Fsp3) is 0.381. The zero-order chi connectivity index (χ0) is 19.4. The Morgan fingerprint density at radius 2 is 1.93 bits per heavy atom. The summed E-state index contributed by atoms with van der Waals surface area (Å²) in [5.74, 6) is 4.01. The summed E-state index contributed by atoms with van der Waals surface area (Å²) in [5, 5.41) is 7.41. The van der Waals surface area contributed by atoms with E-state index in [2.05, 4.69) is 17.4 Å². The molecule has 1 N–H and O–H groups in total. The predicted molar refractivity (Wildman–Crippen MR) is 102 cm³/mol. The molecule has 2 aromatic heterocycles. The van der Waals surface area contributed by atoms with E-state index in [1.165, 1.54) is 0 Å². The molecule has 6 heteroatoms. The number of nitrogens with zero attached hydrogens (tertiary/aromatic N) is 1. The van der Waals surface area contributed by atoms with Crippen molar-refractivity contribution in [1.82, 2.24) is 10.5 Å². The average molecular weight is 370 g/mol. The molecule has 3 aromatic rings. The Morgan fingerprint density at radius 1 is 1.11 bits per heavy atom. The van der Waals surface area contributed by atoms with Gasteiger partial charge in [0.1, 0.15) is 23.9 Å². The van der Waals surface area contributed by atoms with Gasteiger partial charge in [-0.25, -0.2) is 0 Å². The van der Waals surface area contributed by atoms with E-state index < -0.39 is 0 Å². The number of aryl methyl sites for hydroxylation is 3. The first-order chi connectivity index (χ1) is 13.0. The van der Waals surface area contributed by atoms with Gasteiger partial charge in [0.05, 0.1) is 24.4 Å². The first-order valence-electron chi connectivity index (χ1n) is 8.99. The van der Waals surface area contributed by atoms with Gasteiger partial charge in [-0.2, -0.15) is 0 Å². The molecule has 0 saturated carbocycles. The van der Waals surface area contributed by atoms with E-state index in [-0.39, 0.29) is 6.04 Å². The van der Waals surface area contributed by atoms with E-state index in [4.69, 9.17) is 18.4 Å². The highest BCUT2D eigenvalue weighted by Gasteiger charge is 2.13. The van der Waals surface area contributed by atoms with Gasteiger partial charge >= 0.3 is 0 Å². The van der Waals surface area contributed by atoms with Crippen LogP contribution in [0.2, 0.25) is 0 Å². The molecule has 1 unspecified atom stereocenters. The molecule has 0 saturated heterocycles. The van der Waals surface area contributed by atoms with Crippen LogP contribution in [0.25, 0.3) is 0 Å². The molecule has 144 valence electrons. The fourth-order valence-corrected chi connectivity index (χ4v) is 2.86. The smallest absolute Gasteiger partial charge is 0.161 e. The SMILES string of the molecule is COc1cc(CNC(C)c2ccc(C)o2)ccc1OCc1c(C)noc1C. The molecule has 0 aliphatic rings. The summed E-state index contributed by atoms with van der Waals surface area (Å²) in [4.78, 5) is 0. The Labute approximate surface area is 159 Å². The lowest BCUT2D eigenvalue weighted by atomic mass is 10.1. The maximum atomic E-state index is 5.93. The lowest BCUT2D eigenvalue weighted by Gasteiger charge is -2.14. The van der Waals surface area contributed by atoms with Crippen LogP contribution >= 0.6 is 0 Å². The largest absolute Gasteiger partial charge is 0.493 e. The standard InChI is InChI=1S/C21H26N2O4/c1-13-6-8-19(26-13)15(3)22-11-17-7-9-20(21(10-17)24-5)25-12-18-14(2)23-27-16(18)4/h6-10,15,22H,11-12H2,1-5H3. The number of aromatic nitrogens is 1. The van der Waals surface area contributed by atoms with Gasteiger partial charge in [0.25, 0.3) is 0 Å². The van der Waals surface area contributed by atoms with E-state index in [1.54, 1.807) is 7.11 Å². The zero-order valence-corrected chi connectivity index (χ0v) is 16.5. The summed E-state index contributed by atoms with van der Waals surface area (Å²) in [6.45, 7) is 8.90. The molecular weight excluding hydrogens is 344 g/mol. The molecule has 0 amide bonds. The molecule has 0 radical (unpaired) electrons. The van der Waals surface area contributed by atoms with Gasteiger partial charge in [0.2, 0.25) is 0 Å². The molecule has 0 aliphatic heterocycles. The molecular formula is C21H26N2O4. The summed E-state index contributed by atoms with van der Waals surface area (Å²) >= 11 is 0. The van der Waals surface area contributed by atoms with E-state index in [0.717, 1.165) is 34.1 Å². The summed E-state index contributed by atoms with van der Waals surface area (Å²) in [5.41, 5.74) is 2.91. The van der Waals surface area contributed by atoms with Crippen molar-refractivity contribution in [3.63, 3.8) is 0 Å². The van der Waals surface area contributed by atoms with Gasteiger partial charge in [0.15, 0.2) is 11.5 Å². The van der Waals surface area contributed by atoms with Crippen LogP contribution in [-0.2, 0) is 13.2 Å². The molecule has 27 heavy (non-hydrogen) atoms. The highest BCUT2D eigenvalue weighted by molar-refractivity contribution is 5.43. The molecule has 1 atom stereocenters. The van der Waals surface area contributed by atoms with Crippen molar-refractivity contribution in [3.8, 4) is 11.5 Å². The van der Waals surface area contributed by atoms with Crippen LogP contribution < -0.4 is 14.8 Å². The first-order valence-corrected chi connectivity index (χ1v) is 8.99. The minimum Gasteiger partial charge on any atom is -0.493 e. The highest BCUT2D eigenvalue weighted by Crippen LogP contribution is 2.30. The Hall–Kier alpha value is -2.73. The predicted octanol–water partition coefficient (Wildman–Crippen LogP) is 4.63. The lowest BCUT2D eigenvalue weighted by molar-refractivity contribution is 0.281. The number of rotatable bonds is 8. The Kier molecular flexibility index (Phi) is 5.86. The van der Waals surface area contributed by atoms with E-state index >= 15 is 0 Å². The van der Waals surface area contributed by atoms with Gasteiger partial charge in [0, 0.05) is 6.54 Å². The van der Waals surface area contributed by atoms with Crippen LogP contribution in [0.15, 0.2) is 39.3 Å². The third kappa shape index (κ3) is 4.52. The Morgan fingerprint density at radius 3 is 2.56 bits per heavy atom. The fourth-order valence-electron chi connectivity index (χ4n) is 2.86. The van der Waals surface area contributed by atoms with Crippen molar-refractivity contribution < 1.29 is 18.4 Å². The van der Waals surface area contributed by atoms with E-state index in [1.807, 2.05) is 51.1 Å². The van der Waals surface area contributed by atoms with E-state index in [9.17, 15) is 0 Å². The third-order valence-corrected chi connectivity index (χ3v) is 4.58. The van der Waals surface area contributed by atoms with Crippen molar-refractivity contribution in [2.75, 3.05) is 7.11 Å². The maximum Gasteiger partial charge on any atom is 0.161 e. The van der Waals surface area contributed by atoms with Crippen molar-refractivity contribution in [3.05, 3.63) is 64.4 Å². The van der Waals surface area contributed by atoms with Gasteiger partial charge in [-0.3, -0.25) is 0 Å². The number of benzene rings is 1. The minimum absolute atomic E-state index is 0.125. The summed E-state index contributed by atoms with van der Waals surface area (Å²) in [7, 11) is 1.64. The molecule has 0 aliphatic carbocycles. The van der Waals surface area contributed by atoms with Crippen LogP contribution in [-0.4, -0.2) is 12.3 Å². The molecule has 1 aromatic carbocycles. The summed E-state index contributed by atoms with van der Waals surface area (Å²) < 4.78 is 22.3. The van der Waals surface area contributed by atoms with Crippen molar-refractivity contribution >= 4 is 0 Å². The number of furan rings is 1. The van der Waals surface area contributed by atoms with Crippen LogP contribution in [0.1, 0.15) is 47.1 Å². The van der Waals surface area contributed by atoms with Crippen LogP contribution in [0.3, 0.4) is 0 Å². The molecule has 0 spiro atoms. The second-order valence-corrected chi connectivity index (χ2v) is 6.63. The number of hydrogen-bond donors (Lipinski definition) is 1. The van der Waals surface area contributed by atoms with Crippen LogP contribution in [0.5, 0.6) is 11.5 Å². The zero-order valence-electron chi connectivity index (χ0n) is 16.5. The van der Waals surface area contributed by atoms with Crippen LogP contribution in [0, 0.1) is 20.8 Å². The number of hydrogen-bond acceptors (Lipinski definition) is 6. The second kappa shape index (κ2) is 8.31. The summed E-state index contributed by atoms with van der Waals surface area (Å²) in [6, 6.07) is 10.0. The molecule has 2 heterocycles. The second-order valence-electron chi connectivity index (χ2n) is 6.63. The molecule has 0 bridgehead atoms. The first kappa shape index (κ1) is 19.0. The monoisotopic (exact) mass is 370 g/mol. The molecule has 3 rings (SSSR count). The quantitative estimate of drug-likeness (QED) is 0.623. The van der Waals surface area contributed by atoms with Crippen LogP contribution in [0.4, 0.5) is 0 Å². The molecule has 0 fully saturated rings. The van der Waals surface area contributed by atoms with Crippen molar-refractivity contribution in [1.29, 1.82) is 0 Å². The van der Waals surface area contributed by atoms with Gasteiger partial charge in [-0.15, -0.1) is 0 Å². The Balaban J connectivity index is 1.63. The average Bonchev–Trinajstić information content (AvgIpc) is 3.24. The topological polar surface area (TPSA) is 69.7 Å².